The Kier molecular flexibility index (Phi) is 5.69. The van der Waals surface area contributed by atoms with Crippen LogP contribution >= 0.6 is 0 Å². The molecule has 0 heterocycles. The van der Waals surface area contributed by atoms with E-state index in [0.29, 0.717) is 0 Å². The highest BCUT2D eigenvalue weighted by atomic mass is 14.9. The summed E-state index contributed by atoms with van der Waals surface area (Å²) in [5.41, 5.74) is 16.3. The Morgan fingerprint density at radius 1 is 0.444 bits per heavy atom. The summed E-state index contributed by atoms with van der Waals surface area (Å²) in [6.45, 7) is 0. The summed E-state index contributed by atoms with van der Waals surface area (Å²) in [7, 11) is 0. The maximum Gasteiger partial charge on any atom is 0.0463 e. The van der Waals surface area contributed by atoms with Gasteiger partial charge in [0.05, 0.1) is 0 Å². The molecule has 2 nitrogen and oxygen atoms in total. The lowest BCUT2D eigenvalue weighted by Gasteiger charge is -2.19. The third-order valence-corrected chi connectivity index (χ3v) is 6.63. The SMILES string of the molecule is Nc1ccc(-c2ccc(Nc3cccc4ccccc34)cc2)c(-c2ccccc2)c1-c1ccccc1. The van der Waals surface area contributed by atoms with Crippen LogP contribution in [0.5, 0.6) is 0 Å². The van der Waals surface area contributed by atoms with Crippen LogP contribution in [0.2, 0.25) is 0 Å². The number of anilines is 3. The summed E-state index contributed by atoms with van der Waals surface area (Å²) >= 11 is 0. The highest BCUT2D eigenvalue weighted by Gasteiger charge is 2.17. The Hall–Kier alpha value is -4.82. The van der Waals surface area contributed by atoms with Gasteiger partial charge in [-0.25, -0.2) is 0 Å². The number of nitrogens with one attached hydrogen (secondary N) is 1. The Morgan fingerprint density at radius 3 is 1.78 bits per heavy atom. The predicted octanol–water partition coefficient (Wildman–Crippen LogP) is 9.17. The van der Waals surface area contributed by atoms with Crippen molar-refractivity contribution in [1.29, 1.82) is 0 Å². The van der Waals surface area contributed by atoms with Crippen LogP contribution in [0.4, 0.5) is 17.1 Å². The molecule has 0 spiro atoms. The summed E-state index contributed by atoms with van der Waals surface area (Å²) in [5.74, 6) is 0. The summed E-state index contributed by atoms with van der Waals surface area (Å²) in [5, 5.41) is 6.03. The summed E-state index contributed by atoms with van der Waals surface area (Å²) < 4.78 is 0. The van der Waals surface area contributed by atoms with Gasteiger partial charge in [-0.15, -0.1) is 0 Å². The number of fused-ring (bicyclic) bond motifs is 1. The molecule has 0 aliphatic carbocycles. The van der Waals surface area contributed by atoms with E-state index in [1.807, 2.05) is 18.2 Å². The zero-order valence-corrected chi connectivity index (χ0v) is 19.9. The molecule has 0 atom stereocenters. The monoisotopic (exact) mass is 462 g/mol. The molecule has 36 heavy (non-hydrogen) atoms. The highest BCUT2D eigenvalue weighted by Crippen LogP contribution is 2.43. The van der Waals surface area contributed by atoms with E-state index < -0.39 is 0 Å². The molecule has 6 aromatic rings. The van der Waals surface area contributed by atoms with Gasteiger partial charge in [0, 0.05) is 28.0 Å². The number of nitrogens with two attached hydrogens (primary N) is 1. The lowest BCUT2D eigenvalue weighted by Crippen LogP contribution is -1.97. The van der Waals surface area contributed by atoms with Crippen molar-refractivity contribution in [3.8, 4) is 33.4 Å². The molecule has 0 bridgehead atoms. The number of hydrogen-bond acceptors (Lipinski definition) is 2. The van der Waals surface area contributed by atoms with E-state index in [9.17, 15) is 0 Å². The van der Waals surface area contributed by atoms with Crippen LogP contribution in [0.1, 0.15) is 0 Å². The quantitative estimate of drug-likeness (QED) is 0.251. The van der Waals surface area contributed by atoms with Gasteiger partial charge in [0.25, 0.3) is 0 Å². The van der Waals surface area contributed by atoms with Crippen LogP contribution in [-0.4, -0.2) is 0 Å². The Balaban J connectivity index is 1.44. The van der Waals surface area contributed by atoms with Crippen molar-refractivity contribution < 1.29 is 0 Å². The van der Waals surface area contributed by atoms with Crippen molar-refractivity contribution in [3.63, 3.8) is 0 Å². The van der Waals surface area contributed by atoms with Crippen molar-refractivity contribution in [2.45, 2.75) is 0 Å². The molecule has 0 saturated carbocycles. The van der Waals surface area contributed by atoms with Crippen LogP contribution in [0.25, 0.3) is 44.2 Å². The fourth-order valence-electron chi connectivity index (χ4n) is 4.90. The minimum Gasteiger partial charge on any atom is -0.398 e. The Morgan fingerprint density at radius 2 is 1.06 bits per heavy atom. The van der Waals surface area contributed by atoms with Gasteiger partial charge in [-0.05, 0) is 57.5 Å². The molecule has 3 N–H and O–H groups in total. The maximum absolute atomic E-state index is 6.58. The van der Waals surface area contributed by atoms with Crippen molar-refractivity contribution in [1.82, 2.24) is 0 Å². The average Bonchev–Trinajstić information content (AvgIpc) is 2.94. The lowest BCUT2D eigenvalue weighted by atomic mass is 9.86. The first-order valence-corrected chi connectivity index (χ1v) is 12.2. The molecule has 0 aliphatic rings. The largest absolute Gasteiger partial charge is 0.398 e. The van der Waals surface area contributed by atoms with Crippen LogP contribution in [0.3, 0.4) is 0 Å². The molecule has 0 aromatic heterocycles. The van der Waals surface area contributed by atoms with Crippen LogP contribution in [0, 0.1) is 0 Å². The first-order valence-electron chi connectivity index (χ1n) is 12.2. The number of nitrogen functional groups attached to an aromatic ring is 1. The van der Waals surface area contributed by atoms with Gasteiger partial charge < -0.3 is 11.1 Å². The molecule has 2 heteroatoms. The van der Waals surface area contributed by atoms with E-state index in [-0.39, 0.29) is 0 Å². The number of benzene rings is 6. The van der Waals surface area contributed by atoms with Gasteiger partial charge in [0.2, 0.25) is 0 Å². The normalized spacial score (nSPS) is 10.9. The van der Waals surface area contributed by atoms with Gasteiger partial charge in [0.15, 0.2) is 0 Å². The molecule has 0 fully saturated rings. The summed E-state index contributed by atoms with van der Waals surface area (Å²) in [6, 6.07) is 48.5. The molecule has 0 unspecified atom stereocenters. The Bertz CT molecular complexity index is 1630. The lowest BCUT2D eigenvalue weighted by molar-refractivity contribution is 1.54. The maximum atomic E-state index is 6.58. The fraction of sp³-hybridized carbons (Fsp3) is 0. The third-order valence-electron chi connectivity index (χ3n) is 6.63. The first-order chi connectivity index (χ1) is 17.8. The van der Waals surface area contributed by atoms with Crippen molar-refractivity contribution in [2.24, 2.45) is 0 Å². The van der Waals surface area contributed by atoms with Gasteiger partial charge in [0.1, 0.15) is 0 Å². The summed E-state index contributed by atoms with van der Waals surface area (Å²) in [6.07, 6.45) is 0. The van der Waals surface area contributed by atoms with E-state index in [1.165, 1.54) is 10.8 Å². The van der Waals surface area contributed by atoms with Gasteiger partial charge in [-0.1, -0.05) is 115 Å². The second-order valence-electron chi connectivity index (χ2n) is 8.91. The van der Waals surface area contributed by atoms with Gasteiger partial charge in [-0.2, -0.15) is 0 Å². The van der Waals surface area contributed by atoms with Crippen molar-refractivity contribution in [2.75, 3.05) is 11.1 Å². The Labute approximate surface area is 211 Å². The smallest absolute Gasteiger partial charge is 0.0463 e. The second-order valence-corrected chi connectivity index (χ2v) is 8.91. The molecule has 0 amide bonds. The highest BCUT2D eigenvalue weighted by molar-refractivity contribution is 6.00. The zero-order valence-electron chi connectivity index (χ0n) is 19.9. The molecule has 172 valence electrons. The minimum atomic E-state index is 0.776. The number of rotatable bonds is 5. The van der Waals surface area contributed by atoms with Gasteiger partial charge in [-0.3, -0.25) is 0 Å². The zero-order chi connectivity index (χ0) is 24.3. The van der Waals surface area contributed by atoms with E-state index >= 15 is 0 Å². The molecular formula is C34H26N2. The predicted molar refractivity (Wildman–Crippen MR) is 154 cm³/mol. The molecule has 0 aliphatic heterocycles. The van der Waals surface area contributed by atoms with E-state index in [1.54, 1.807) is 0 Å². The number of hydrogen-bond donors (Lipinski definition) is 2. The molecule has 0 saturated heterocycles. The van der Waals surface area contributed by atoms with E-state index in [2.05, 4.69) is 127 Å². The van der Waals surface area contributed by atoms with Crippen LogP contribution < -0.4 is 11.1 Å². The van der Waals surface area contributed by atoms with Crippen molar-refractivity contribution in [3.05, 3.63) is 140 Å². The van der Waals surface area contributed by atoms with E-state index in [0.717, 1.165) is 50.4 Å². The first kappa shape index (κ1) is 21.7. The molecular weight excluding hydrogens is 436 g/mol. The topological polar surface area (TPSA) is 38.0 Å². The average molecular weight is 463 g/mol. The van der Waals surface area contributed by atoms with Crippen LogP contribution in [-0.2, 0) is 0 Å². The minimum absolute atomic E-state index is 0.776. The molecule has 6 rings (SSSR count). The molecule has 0 radical (unpaired) electrons. The molecule has 6 aromatic carbocycles. The standard InChI is InChI=1S/C34H26N2/c35-31-23-22-30(33(26-11-3-1-4-12-26)34(31)27-13-5-2-6-14-27)25-18-20-28(21-19-25)36-32-17-9-15-24-10-7-8-16-29(24)32/h1-23,36H,35H2. The second kappa shape index (κ2) is 9.44. The van der Waals surface area contributed by atoms with Gasteiger partial charge >= 0.3 is 0 Å². The summed E-state index contributed by atoms with van der Waals surface area (Å²) in [4.78, 5) is 0. The van der Waals surface area contributed by atoms with E-state index in [4.69, 9.17) is 5.73 Å². The van der Waals surface area contributed by atoms with Crippen molar-refractivity contribution >= 4 is 27.8 Å². The van der Waals surface area contributed by atoms with Crippen LogP contribution in [0.15, 0.2) is 140 Å². The fourth-order valence-corrected chi connectivity index (χ4v) is 4.90. The third kappa shape index (κ3) is 4.10.